The molecule has 0 fully saturated rings. The Morgan fingerprint density at radius 3 is 2.52 bits per heavy atom. The van der Waals surface area contributed by atoms with Gasteiger partial charge in [0.1, 0.15) is 11.5 Å². The fourth-order valence-corrected chi connectivity index (χ4v) is 4.42. The summed E-state index contributed by atoms with van der Waals surface area (Å²) in [7, 11) is 1.65. The highest BCUT2D eigenvalue weighted by atomic mass is 16.5. The number of benzene rings is 2. The van der Waals surface area contributed by atoms with Crippen LogP contribution in [0.4, 0.5) is 0 Å². The zero-order chi connectivity index (χ0) is 22.9. The first-order chi connectivity index (χ1) is 16.1. The molecule has 0 unspecified atom stereocenters. The van der Waals surface area contributed by atoms with Crippen LogP contribution in [-0.4, -0.2) is 34.5 Å². The number of rotatable bonds is 6. The number of phenols is 1. The normalized spacial score (nSPS) is 12.2. The third-order valence-electron chi connectivity index (χ3n) is 5.96. The van der Waals surface area contributed by atoms with Crippen LogP contribution in [0.1, 0.15) is 34.1 Å². The van der Waals surface area contributed by atoms with Crippen molar-refractivity contribution in [3.8, 4) is 34.1 Å². The minimum Gasteiger partial charge on any atom is -0.508 e. The third-order valence-corrected chi connectivity index (χ3v) is 5.96. The number of nitrogens with zero attached hydrogens (tertiary/aromatic N) is 2. The maximum absolute atomic E-state index is 12.3. The Morgan fingerprint density at radius 2 is 1.82 bits per heavy atom. The number of aromatic hydroxyl groups is 1. The Kier molecular flexibility index (Phi) is 5.38. The average Bonchev–Trinajstić information content (AvgIpc) is 3.42. The van der Waals surface area contributed by atoms with Gasteiger partial charge in [-0.15, -0.1) is 0 Å². The van der Waals surface area contributed by atoms with Gasteiger partial charge in [-0.3, -0.25) is 0 Å². The molecule has 33 heavy (non-hydrogen) atoms. The lowest BCUT2D eigenvalue weighted by Gasteiger charge is -2.15. The number of methoxy groups -OCH3 is 1. The molecule has 1 N–H and O–H groups in total. The van der Waals surface area contributed by atoms with E-state index in [4.69, 9.17) is 14.0 Å². The predicted molar refractivity (Wildman–Crippen MR) is 122 cm³/mol. The van der Waals surface area contributed by atoms with Gasteiger partial charge in [0.15, 0.2) is 11.5 Å². The second kappa shape index (κ2) is 8.50. The highest BCUT2D eigenvalue weighted by molar-refractivity contribution is 5.92. The third kappa shape index (κ3) is 3.75. The molecule has 4 aromatic rings. The molecule has 7 heteroatoms. The fourth-order valence-electron chi connectivity index (χ4n) is 4.42. The van der Waals surface area contributed by atoms with Gasteiger partial charge in [0.05, 0.1) is 19.4 Å². The number of fused-ring (bicyclic) bond motifs is 3. The lowest BCUT2D eigenvalue weighted by molar-refractivity contribution is 0.0513. The Labute approximate surface area is 191 Å². The predicted octanol–water partition coefficient (Wildman–Crippen LogP) is 4.85. The molecule has 168 valence electrons. The zero-order valence-corrected chi connectivity index (χ0v) is 18.5. The van der Waals surface area contributed by atoms with Crippen molar-refractivity contribution in [1.82, 2.24) is 9.72 Å². The van der Waals surface area contributed by atoms with Crippen molar-refractivity contribution >= 4 is 5.97 Å². The summed E-state index contributed by atoms with van der Waals surface area (Å²) in [5.74, 6) is 1.19. The molecule has 0 radical (unpaired) electrons. The maximum atomic E-state index is 12.3. The molecule has 1 aliphatic carbocycles. The van der Waals surface area contributed by atoms with Crippen molar-refractivity contribution in [3.63, 3.8) is 0 Å². The number of ether oxygens (including phenoxy) is 2. The van der Waals surface area contributed by atoms with Crippen LogP contribution in [0.5, 0.6) is 11.5 Å². The van der Waals surface area contributed by atoms with Crippen molar-refractivity contribution in [1.29, 1.82) is 0 Å². The minimum atomic E-state index is -0.456. The van der Waals surface area contributed by atoms with E-state index in [-0.39, 0.29) is 18.1 Å². The molecular formula is C26H24N2O5. The molecule has 1 aliphatic rings. The summed E-state index contributed by atoms with van der Waals surface area (Å²) in [5.41, 5.74) is 6.28. The zero-order valence-electron chi connectivity index (χ0n) is 18.5. The van der Waals surface area contributed by atoms with Crippen LogP contribution >= 0.6 is 0 Å². The van der Waals surface area contributed by atoms with Crippen LogP contribution < -0.4 is 4.74 Å². The van der Waals surface area contributed by atoms with Gasteiger partial charge in [0.2, 0.25) is 0 Å². The van der Waals surface area contributed by atoms with Gasteiger partial charge in [0.25, 0.3) is 0 Å². The van der Waals surface area contributed by atoms with E-state index in [2.05, 4.69) is 15.9 Å². The largest absolute Gasteiger partial charge is 0.508 e. The van der Waals surface area contributed by atoms with Crippen LogP contribution in [0.3, 0.4) is 0 Å². The van der Waals surface area contributed by atoms with Crippen molar-refractivity contribution in [2.24, 2.45) is 0 Å². The first-order valence-electron chi connectivity index (χ1n) is 10.9. The van der Waals surface area contributed by atoms with Gasteiger partial charge < -0.3 is 23.7 Å². The van der Waals surface area contributed by atoms with E-state index in [1.54, 1.807) is 26.2 Å². The summed E-state index contributed by atoms with van der Waals surface area (Å²) in [4.78, 5) is 12.3. The van der Waals surface area contributed by atoms with E-state index in [9.17, 15) is 9.90 Å². The molecule has 0 saturated carbocycles. The Morgan fingerprint density at radius 1 is 1.09 bits per heavy atom. The second-order valence-corrected chi connectivity index (χ2v) is 7.95. The van der Waals surface area contributed by atoms with E-state index in [0.717, 1.165) is 45.7 Å². The van der Waals surface area contributed by atoms with Crippen molar-refractivity contribution < 1.29 is 23.9 Å². The monoisotopic (exact) mass is 444 g/mol. The number of carbonyl (C=O) groups is 1. The summed E-state index contributed by atoms with van der Waals surface area (Å²) in [6.45, 7) is 2.70. The second-order valence-electron chi connectivity index (χ2n) is 7.95. The molecule has 0 aliphatic heterocycles. The molecule has 0 saturated heterocycles. The van der Waals surface area contributed by atoms with Crippen LogP contribution in [0.25, 0.3) is 22.6 Å². The average molecular weight is 444 g/mol. The molecule has 0 spiro atoms. The van der Waals surface area contributed by atoms with E-state index >= 15 is 0 Å². The van der Waals surface area contributed by atoms with Gasteiger partial charge in [-0.1, -0.05) is 17.3 Å². The van der Waals surface area contributed by atoms with Crippen molar-refractivity contribution in [3.05, 3.63) is 77.1 Å². The molecular weight excluding hydrogens is 420 g/mol. The molecule has 2 aromatic heterocycles. The molecule has 7 nitrogen and oxygen atoms in total. The van der Waals surface area contributed by atoms with E-state index in [1.807, 2.05) is 36.4 Å². The van der Waals surface area contributed by atoms with Gasteiger partial charge in [-0.2, -0.15) is 0 Å². The lowest BCUT2D eigenvalue weighted by Crippen LogP contribution is -2.10. The summed E-state index contributed by atoms with van der Waals surface area (Å²) in [6, 6.07) is 15.2. The number of phenolic OH excluding ortho intramolecular Hbond substituents is 1. The number of carbonyl (C=O) groups excluding carboxylic acids is 1. The quantitative estimate of drug-likeness (QED) is 0.428. The van der Waals surface area contributed by atoms with Crippen molar-refractivity contribution in [2.75, 3.05) is 13.7 Å². The number of hydrogen-bond donors (Lipinski definition) is 1. The van der Waals surface area contributed by atoms with Gasteiger partial charge >= 0.3 is 5.97 Å². The molecule has 2 heterocycles. The Bertz CT molecular complexity index is 1300. The minimum absolute atomic E-state index is 0.220. The summed E-state index contributed by atoms with van der Waals surface area (Å²) < 4.78 is 18.3. The number of aromatic nitrogens is 2. The van der Waals surface area contributed by atoms with Crippen LogP contribution in [0.2, 0.25) is 0 Å². The lowest BCUT2D eigenvalue weighted by atomic mass is 9.89. The highest BCUT2D eigenvalue weighted by Gasteiger charge is 2.32. The number of hydrogen-bond acceptors (Lipinski definition) is 6. The first kappa shape index (κ1) is 20.9. The van der Waals surface area contributed by atoms with Gasteiger partial charge in [-0.25, -0.2) is 4.79 Å². The maximum Gasteiger partial charge on any atom is 0.360 e. The summed E-state index contributed by atoms with van der Waals surface area (Å²) in [6.07, 6.45) is 3.43. The van der Waals surface area contributed by atoms with Crippen molar-refractivity contribution in [2.45, 2.75) is 26.3 Å². The SMILES string of the molecule is CCOC(=O)c1noc2c1CCc1c-2cn(Cc2ccc(OC)cc2)c1-c1ccc(O)cc1. The van der Waals surface area contributed by atoms with Crippen LogP contribution in [0, 0.1) is 0 Å². The Hall–Kier alpha value is -4.00. The molecule has 2 aromatic carbocycles. The summed E-state index contributed by atoms with van der Waals surface area (Å²) in [5, 5.41) is 13.8. The molecule has 0 amide bonds. The van der Waals surface area contributed by atoms with E-state index in [0.29, 0.717) is 18.7 Å². The molecule has 0 bridgehead atoms. The van der Waals surface area contributed by atoms with Gasteiger partial charge in [-0.05, 0) is 72.9 Å². The summed E-state index contributed by atoms with van der Waals surface area (Å²) >= 11 is 0. The topological polar surface area (TPSA) is 86.7 Å². The first-order valence-corrected chi connectivity index (χ1v) is 10.9. The Balaban J connectivity index is 1.61. The molecule has 0 atom stereocenters. The van der Waals surface area contributed by atoms with Gasteiger partial charge in [0, 0.05) is 23.9 Å². The smallest absolute Gasteiger partial charge is 0.360 e. The highest BCUT2D eigenvalue weighted by Crippen LogP contribution is 2.42. The fraction of sp³-hybridized carbons (Fsp3) is 0.231. The number of esters is 1. The standard InChI is InChI=1S/C26H24N2O5/c1-3-32-26(30)23-21-13-12-20-22(25(21)33-27-23)15-28(14-16-4-10-19(31-2)11-5-16)24(20)17-6-8-18(29)9-7-17/h4-11,15,29H,3,12-14H2,1-2H3. The van der Waals surface area contributed by atoms with E-state index in [1.165, 1.54) is 0 Å². The van der Waals surface area contributed by atoms with Crippen LogP contribution in [-0.2, 0) is 24.1 Å². The molecule has 5 rings (SSSR count). The van der Waals surface area contributed by atoms with Crippen LogP contribution in [0.15, 0.2) is 59.3 Å². The van der Waals surface area contributed by atoms with E-state index < -0.39 is 5.97 Å².